The van der Waals surface area contributed by atoms with E-state index >= 15 is 0 Å². The lowest BCUT2D eigenvalue weighted by molar-refractivity contribution is 0.191. The molecule has 0 radical (unpaired) electrons. The summed E-state index contributed by atoms with van der Waals surface area (Å²) in [6.45, 7) is 5.31. The van der Waals surface area contributed by atoms with Crippen LogP contribution in [0.25, 0.3) is 0 Å². The van der Waals surface area contributed by atoms with E-state index < -0.39 is 0 Å². The van der Waals surface area contributed by atoms with Crippen LogP contribution >= 0.6 is 11.8 Å². The minimum Gasteiger partial charge on any atom is -0.392 e. The normalized spacial score (nSPS) is 35.0. The molecule has 0 amide bonds. The number of nitrogens with one attached hydrogen (secondary N) is 1. The summed E-state index contributed by atoms with van der Waals surface area (Å²) in [6.07, 6.45) is -0.556. The van der Waals surface area contributed by atoms with E-state index in [2.05, 4.69) is 5.32 Å². The number of rotatable bonds is 3. The number of aliphatic hydroxyl groups is 2. The third-order valence-corrected chi connectivity index (χ3v) is 3.85. The van der Waals surface area contributed by atoms with Crippen LogP contribution in [0.5, 0.6) is 0 Å². The maximum absolute atomic E-state index is 9.45. The summed E-state index contributed by atoms with van der Waals surface area (Å²) in [5.74, 6) is 0. The smallest absolute Gasteiger partial charge is 0.0795 e. The molecular formula is C8H17NO2S. The van der Waals surface area contributed by atoms with Crippen molar-refractivity contribution in [2.75, 3.05) is 13.1 Å². The molecule has 0 aromatic heterocycles. The highest BCUT2D eigenvalue weighted by Gasteiger charge is 2.27. The second-order valence-electron chi connectivity index (χ2n) is 3.35. The summed E-state index contributed by atoms with van der Waals surface area (Å²) in [5.41, 5.74) is 0. The highest BCUT2D eigenvalue weighted by molar-refractivity contribution is 8.00. The second-order valence-corrected chi connectivity index (χ2v) is 4.97. The first-order valence-corrected chi connectivity index (χ1v) is 5.28. The van der Waals surface area contributed by atoms with E-state index in [1.54, 1.807) is 18.7 Å². The number of aliphatic hydroxyl groups excluding tert-OH is 2. The fourth-order valence-electron chi connectivity index (χ4n) is 1.17. The molecular weight excluding hydrogens is 174 g/mol. The average molecular weight is 191 g/mol. The third kappa shape index (κ3) is 2.62. The van der Waals surface area contributed by atoms with Crippen LogP contribution in [0.4, 0.5) is 0 Å². The molecule has 1 heterocycles. The van der Waals surface area contributed by atoms with Crippen LogP contribution in [0.15, 0.2) is 0 Å². The summed E-state index contributed by atoms with van der Waals surface area (Å²) in [5, 5.41) is 22.3. The predicted octanol–water partition coefficient (Wildman–Crippen LogP) is -0.178. The Kier molecular flexibility index (Phi) is 3.83. The predicted molar refractivity (Wildman–Crippen MR) is 51.4 cm³/mol. The molecule has 0 spiro atoms. The van der Waals surface area contributed by atoms with Crippen molar-refractivity contribution in [3.63, 3.8) is 0 Å². The third-order valence-electron chi connectivity index (χ3n) is 2.20. The Balaban J connectivity index is 2.30. The van der Waals surface area contributed by atoms with Crippen LogP contribution in [0.1, 0.15) is 13.8 Å². The molecule has 0 saturated carbocycles. The van der Waals surface area contributed by atoms with Crippen molar-refractivity contribution in [1.82, 2.24) is 5.32 Å². The maximum atomic E-state index is 9.45. The Morgan fingerprint density at radius 3 is 2.50 bits per heavy atom. The van der Waals surface area contributed by atoms with Gasteiger partial charge in [0.2, 0.25) is 0 Å². The van der Waals surface area contributed by atoms with Gasteiger partial charge in [0, 0.05) is 23.6 Å². The molecule has 0 aliphatic carbocycles. The van der Waals surface area contributed by atoms with Gasteiger partial charge < -0.3 is 15.5 Å². The highest BCUT2D eigenvalue weighted by atomic mass is 32.2. The zero-order valence-electron chi connectivity index (χ0n) is 7.53. The van der Waals surface area contributed by atoms with E-state index in [-0.39, 0.29) is 22.7 Å². The molecule has 1 aliphatic heterocycles. The van der Waals surface area contributed by atoms with Gasteiger partial charge in [-0.25, -0.2) is 0 Å². The van der Waals surface area contributed by atoms with E-state index in [0.29, 0.717) is 6.54 Å². The Labute approximate surface area is 77.5 Å². The van der Waals surface area contributed by atoms with Crippen LogP contribution in [0.2, 0.25) is 0 Å². The average Bonchev–Trinajstić information content (AvgIpc) is 2.36. The lowest BCUT2D eigenvalue weighted by atomic mass is 10.3. The topological polar surface area (TPSA) is 52.5 Å². The zero-order valence-corrected chi connectivity index (χ0v) is 8.34. The maximum Gasteiger partial charge on any atom is 0.0795 e. The van der Waals surface area contributed by atoms with Crippen LogP contribution in [-0.4, -0.2) is 46.0 Å². The molecule has 12 heavy (non-hydrogen) atoms. The molecule has 72 valence electrons. The highest BCUT2D eigenvalue weighted by Crippen LogP contribution is 2.24. The summed E-state index contributed by atoms with van der Waals surface area (Å²) < 4.78 is 0. The molecule has 1 aliphatic rings. The Morgan fingerprint density at radius 2 is 2.08 bits per heavy atom. The van der Waals surface area contributed by atoms with E-state index in [0.717, 1.165) is 6.54 Å². The number of hydrogen-bond acceptors (Lipinski definition) is 4. The van der Waals surface area contributed by atoms with Crippen molar-refractivity contribution in [1.29, 1.82) is 0 Å². The quantitative estimate of drug-likeness (QED) is 0.579. The van der Waals surface area contributed by atoms with Crippen LogP contribution in [0.3, 0.4) is 0 Å². The number of hydrogen-bond donors (Lipinski definition) is 3. The van der Waals surface area contributed by atoms with Crippen molar-refractivity contribution < 1.29 is 10.2 Å². The van der Waals surface area contributed by atoms with Crippen molar-refractivity contribution in [3.8, 4) is 0 Å². The fraction of sp³-hybridized carbons (Fsp3) is 1.00. The molecule has 1 saturated heterocycles. The van der Waals surface area contributed by atoms with Crippen LogP contribution in [0, 0.1) is 0 Å². The van der Waals surface area contributed by atoms with Crippen molar-refractivity contribution >= 4 is 11.8 Å². The van der Waals surface area contributed by atoms with Gasteiger partial charge in [-0.3, -0.25) is 0 Å². The summed E-state index contributed by atoms with van der Waals surface area (Å²) in [7, 11) is 0. The van der Waals surface area contributed by atoms with Gasteiger partial charge in [-0.1, -0.05) is 6.92 Å². The molecule has 4 heteroatoms. The van der Waals surface area contributed by atoms with E-state index in [4.69, 9.17) is 0 Å². The zero-order chi connectivity index (χ0) is 9.14. The first-order valence-electron chi connectivity index (χ1n) is 4.33. The van der Waals surface area contributed by atoms with Crippen molar-refractivity contribution in [3.05, 3.63) is 0 Å². The lowest BCUT2D eigenvalue weighted by Gasteiger charge is -2.20. The first-order chi connectivity index (χ1) is 5.61. The molecule has 4 unspecified atom stereocenters. The number of β-amino-alcohol motifs (C(OH)–C–C–N with tert-alkyl or cyclic N) is 1. The first kappa shape index (κ1) is 10.3. The number of thioether (sulfide) groups is 1. The van der Waals surface area contributed by atoms with Gasteiger partial charge in [0.05, 0.1) is 12.2 Å². The SMILES string of the molecule is CC(O)C(C)SC1CNCC1O. The van der Waals surface area contributed by atoms with Gasteiger partial charge >= 0.3 is 0 Å². The minimum atomic E-state index is -0.303. The van der Waals surface area contributed by atoms with Crippen LogP contribution in [-0.2, 0) is 0 Å². The Bertz CT molecular complexity index is 143. The lowest BCUT2D eigenvalue weighted by Crippen LogP contribution is -2.26. The van der Waals surface area contributed by atoms with Gasteiger partial charge in [-0.05, 0) is 6.92 Å². The molecule has 3 nitrogen and oxygen atoms in total. The summed E-state index contributed by atoms with van der Waals surface area (Å²) in [6, 6.07) is 0. The summed E-state index contributed by atoms with van der Waals surface area (Å²) >= 11 is 1.66. The largest absolute Gasteiger partial charge is 0.392 e. The molecule has 1 fully saturated rings. The molecule has 0 aromatic carbocycles. The minimum absolute atomic E-state index is 0.199. The molecule has 3 N–H and O–H groups in total. The molecule has 0 bridgehead atoms. The van der Waals surface area contributed by atoms with Crippen LogP contribution < -0.4 is 5.32 Å². The second kappa shape index (κ2) is 4.46. The van der Waals surface area contributed by atoms with Gasteiger partial charge in [-0.2, -0.15) is 0 Å². The molecule has 1 rings (SSSR count). The van der Waals surface area contributed by atoms with Gasteiger partial charge in [0.15, 0.2) is 0 Å². The fourth-order valence-corrected chi connectivity index (χ4v) is 2.44. The van der Waals surface area contributed by atoms with Crippen molar-refractivity contribution in [2.24, 2.45) is 0 Å². The molecule has 0 aromatic rings. The standard InChI is InChI=1S/C8H17NO2S/c1-5(10)6(2)12-8-4-9-3-7(8)11/h5-11H,3-4H2,1-2H3. The van der Waals surface area contributed by atoms with Gasteiger partial charge in [-0.15, -0.1) is 11.8 Å². The van der Waals surface area contributed by atoms with Gasteiger partial charge in [0.1, 0.15) is 0 Å². The molecule has 4 atom stereocenters. The Morgan fingerprint density at radius 1 is 1.42 bits per heavy atom. The monoisotopic (exact) mass is 191 g/mol. The summed E-state index contributed by atoms with van der Waals surface area (Å²) in [4.78, 5) is 0. The van der Waals surface area contributed by atoms with Crippen molar-refractivity contribution in [2.45, 2.75) is 36.6 Å². The van der Waals surface area contributed by atoms with Gasteiger partial charge in [0.25, 0.3) is 0 Å². The Hall–Kier alpha value is 0.230. The van der Waals surface area contributed by atoms with E-state index in [1.165, 1.54) is 0 Å². The van der Waals surface area contributed by atoms with E-state index in [1.807, 2.05) is 6.92 Å². The van der Waals surface area contributed by atoms with E-state index in [9.17, 15) is 10.2 Å².